The zero-order valence-corrected chi connectivity index (χ0v) is 13.1. The molecule has 1 saturated heterocycles. The van der Waals surface area contributed by atoms with E-state index in [1.165, 1.54) is 0 Å². The monoisotopic (exact) mass is 320 g/mol. The Morgan fingerprint density at radius 1 is 1.30 bits per heavy atom. The molecule has 1 aliphatic heterocycles. The maximum absolute atomic E-state index is 12.4. The highest BCUT2D eigenvalue weighted by Crippen LogP contribution is 2.19. The van der Waals surface area contributed by atoms with Crippen molar-refractivity contribution in [3.8, 4) is 5.75 Å². The Morgan fingerprint density at radius 2 is 1.96 bits per heavy atom. The number of carbonyl (C=O) groups is 3. The normalized spacial score (nSPS) is 19.0. The van der Waals surface area contributed by atoms with E-state index in [0.717, 1.165) is 4.90 Å². The van der Waals surface area contributed by atoms with Gasteiger partial charge in [-0.3, -0.25) is 14.5 Å². The largest absolute Gasteiger partial charge is 0.491 e. The molecule has 23 heavy (non-hydrogen) atoms. The molecule has 2 rings (SSSR count). The molecule has 1 heterocycles. The lowest BCUT2D eigenvalue weighted by molar-refractivity contribution is -0.138. The van der Waals surface area contributed by atoms with Crippen LogP contribution in [0.4, 0.5) is 4.79 Å². The van der Waals surface area contributed by atoms with Crippen molar-refractivity contribution in [1.29, 1.82) is 0 Å². The number of carbonyl (C=O) groups excluding carboxylic acids is 3. The van der Waals surface area contributed by atoms with Gasteiger partial charge in [-0.1, -0.05) is 32.0 Å². The van der Waals surface area contributed by atoms with Gasteiger partial charge < -0.3 is 15.2 Å². The van der Waals surface area contributed by atoms with E-state index in [-0.39, 0.29) is 12.5 Å². The van der Waals surface area contributed by atoms with Crippen LogP contribution in [0.15, 0.2) is 30.3 Å². The summed E-state index contributed by atoms with van der Waals surface area (Å²) in [5.41, 5.74) is 0. The fraction of sp³-hybridized carbons (Fsp3) is 0.438. The van der Waals surface area contributed by atoms with Gasteiger partial charge in [0.15, 0.2) is 5.78 Å². The van der Waals surface area contributed by atoms with Crippen LogP contribution in [0.25, 0.3) is 0 Å². The number of ether oxygens (including phenoxy) is 1. The number of hydrogen-bond donors (Lipinski definition) is 2. The summed E-state index contributed by atoms with van der Waals surface area (Å²) in [6.07, 6.45) is 0. The van der Waals surface area contributed by atoms with E-state index in [1.807, 2.05) is 6.07 Å². The van der Waals surface area contributed by atoms with Crippen LogP contribution in [0, 0.1) is 5.92 Å². The van der Waals surface area contributed by atoms with Gasteiger partial charge in [-0.2, -0.15) is 0 Å². The summed E-state index contributed by atoms with van der Waals surface area (Å²) >= 11 is 0. The molecule has 0 radical (unpaired) electrons. The number of ketones is 1. The molecule has 124 valence electrons. The molecule has 0 spiro atoms. The Labute approximate surface area is 134 Å². The van der Waals surface area contributed by atoms with Crippen LogP contribution in [-0.4, -0.2) is 53.0 Å². The molecular formula is C16H20N2O5. The van der Waals surface area contributed by atoms with Crippen molar-refractivity contribution >= 4 is 17.7 Å². The van der Waals surface area contributed by atoms with Crippen molar-refractivity contribution in [2.24, 2.45) is 5.92 Å². The molecule has 0 bridgehead atoms. The third-order valence-electron chi connectivity index (χ3n) is 3.61. The Balaban J connectivity index is 2.08. The molecule has 1 aromatic carbocycles. The molecule has 0 unspecified atom stereocenters. The molecular weight excluding hydrogens is 300 g/mol. The molecule has 1 aliphatic rings. The number of nitrogens with zero attached hydrogens (tertiary/aromatic N) is 1. The van der Waals surface area contributed by atoms with E-state index >= 15 is 0 Å². The number of para-hydroxylation sites is 1. The zero-order valence-electron chi connectivity index (χ0n) is 13.1. The molecule has 1 aromatic rings. The van der Waals surface area contributed by atoms with Crippen LogP contribution in [0.3, 0.4) is 0 Å². The summed E-state index contributed by atoms with van der Waals surface area (Å²) in [4.78, 5) is 37.3. The van der Waals surface area contributed by atoms with Crippen LogP contribution in [0.2, 0.25) is 0 Å². The van der Waals surface area contributed by atoms with Gasteiger partial charge in [0, 0.05) is 0 Å². The summed E-state index contributed by atoms with van der Waals surface area (Å²) in [6.45, 7) is 2.69. The van der Waals surface area contributed by atoms with E-state index < -0.39 is 36.4 Å². The third kappa shape index (κ3) is 3.68. The van der Waals surface area contributed by atoms with Gasteiger partial charge in [-0.15, -0.1) is 0 Å². The van der Waals surface area contributed by atoms with E-state index in [0.29, 0.717) is 5.75 Å². The van der Waals surface area contributed by atoms with Crippen LogP contribution < -0.4 is 10.1 Å². The molecule has 0 aromatic heterocycles. The Morgan fingerprint density at radius 3 is 2.52 bits per heavy atom. The van der Waals surface area contributed by atoms with Crippen LogP contribution in [0.1, 0.15) is 13.8 Å². The van der Waals surface area contributed by atoms with Crippen molar-refractivity contribution in [3.05, 3.63) is 30.3 Å². The lowest BCUT2D eigenvalue weighted by atomic mass is 9.98. The predicted octanol–water partition coefficient (Wildman–Crippen LogP) is 0.572. The first kappa shape index (κ1) is 17.0. The number of Topliss-reactive ketones (excluding diaryl/α,β-unsaturated/α-hetero) is 1. The highest BCUT2D eigenvalue weighted by molar-refractivity contribution is 6.08. The Kier molecular flexibility index (Phi) is 5.33. The van der Waals surface area contributed by atoms with Crippen molar-refractivity contribution in [3.63, 3.8) is 0 Å². The minimum atomic E-state index is -0.978. The first-order valence-electron chi connectivity index (χ1n) is 7.40. The minimum Gasteiger partial charge on any atom is -0.491 e. The minimum absolute atomic E-state index is 0.0246. The summed E-state index contributed by atoms with van der Waals surface area (Å²) in [7, 11) is 0. The quantitative estimate of drug-likeness (QED) is 0.716. The number of rotatable bonds is 7. The number of aliphatic hydroxyl groups excluding tert-OH is 1. The summed E-state index contributed by atoms with van der Waals surface area (Å²) < 4.78 is 5.49. The highest BCUT2D eigenvalue weighted by Gasteiger charge is 2.45. The first-order valence-corrected chi connectivity index (χ1v) is 7.40. The third-order valence-corrected chi connectivity index (χ3v) is 3.61. The summed E-state index contributed by atoms with van der Waals surface area (Å²) in [6, 6.07) is 6.44. The maximum atomic E-state index is 12.4. The van der Waals surface area contributed by atoms with Gasteiger partial charge in [-0.25, -0.2) is 4.79 Å². The number of urea groups is 1. The van der Waals surface area contributed by atoms with Gasteiger partial charge in [0.05, 0.1) is 0 Å². The number of imide groups is 1. The molecule has 7 nitrogen and oxygen atoms in total. The summed E-state index contributed by atoms with van der Waals surface area (Å²) in [5.74, 6) is -0.794. The predicted molar refractivity (Wildman–Crippen MR) is 81.8 cm³/mol. The van der Waals surface area contributed by atoms with Gasteiger partial charge in [-0.05, 0) is 18.1 Å². The Bertz CT molecular complexity index is 587. The second-order valence-corrected chi connectivity index (χ2v) is 5.65. The number of hydrogen-bond acceptors (Lipinski definition) is 5. The molecule has 3 amide bonds. The Hall–Kier alpha value is -2.41. The molecule has 0 saturated carbocycles. The lowest BCUT2D eigenvalue weighted by Gasteiger charge is -2.26. The van der Waals surface area contributed by atoms with Gasteiger partial charge >= 0.3 is 6.03 Å². The van der Waals surface area contributed by atoms with E-state index in [1.54, 1.807) is 38.1 Å². The van der Waals surface area contributed by atoms with Crippen LogP contribution in [-0.2, 0) is 9.59 Å². The fourth-order valence-electron chi connectivity index (χ4n) is 2.53. The van der Waals surface area contributed by atoms with Crippen LogP contribution >= 0.6 is 0 Å². The second kappa shape index (κ2) is 7.23. The van der Waals surface area contributed by atoms with Crippen molar-refractivity contribution in [2.45, 2.75) is 25.9 Å². The smallest absolute Gasteiger partial charge is 0.325 e. The van der Waals surface area contributed by atoms with Crippen LogP contribution in [0.5, 0.6) is 5.75 Å². The first-order chi connectivity index (χ1) is 11.0. The number of amides is 3. The number of benzene rings is 1. The van der Waals surface area contributed by atoms with Gasteiger partial charge in [0.2, 0.25) is 0 Å². The molecule has 2 atom stereocenters. The fourth-order valence-corrected chi connectivity index (χ4v) is 2.53. The number of aliphatic hydroxyl groups is 1. The SMILES string of the molecule is CC(C)[C@H](C(=O)CO)N1C(=O)N[C@@H](COc2ccccc2)C1=O. The van der Waals surface area contributed by atoms with E-state index in [4.69, 9.17) is 9.84 Å². The number of nitrogens with one attached hydrogen (secondary N) is 1. The van der Waals surface area contributed by atoms with Crippen molar-refractivity contribution in [1.82, 2.24) is 10.2 Å². The summed E-state index contributed by atoms with van der Waals surface area (Å²) in [5, 5.41) is 11.6. The zero-order chi connectivity index (χ0) is 17.0. The van der Waals surface area contributed by atoms with Crippen molar-refractivity contribution in [2.75, 3.05) is 13.2 Å². The second-order valence-electron chi connectivity index (χ2n) is 5.65. The molecule has 2 N–H and O–H groups in total. The van der Waals surface area contributed by atoms with Gasteiger partial charge in [0.1, 0.15) is 31.0 Å². The highest BCUT2D eigenvalue weighted by atomic mass is 16.5. The average Bonchev–Trinajstić information content (AvgIpc) is 2.81. The van der Waals surface area contributed by atoms with Crippen molar-refractivity contribution < 1.29 is 24.2 Å². The average molecular weight is 320 g/mol. The molecule has 7 heteroatoms. The topological polar surface area (TPSA) is 95.9 Å². The molecule has 1 fully saturated rings. The standard InChI is InChI=1S/C16H20N2O5/c1-10(2)14(13(20)8-19)18-15(21)12(17-16(18)22)9-23-11-6-4-3-5-7-11/h3-7,10,12,14,19H,8-9H2,1-2H3,(H,17,22)/t12-,14+/m0/s1. The molecule has 0 aliphatic carbocycles. The van der Waals surface area contributed by atoms with E-state index in [2.05, 4.69) is 5.32 Å². The lowest BCUT2D eigenvalue weighted by Crippen LogP contribution is -2.49. The maximum Gasteiger partial charge on any atom is 0.325 e. The van der Waals surface area contributed by atoms with E-state index in [9.17, 15) is 14.4 Å². The van der Waals surface area contributed by atoms with Gasteiger partial charge in [0.25, 0.3) is 5.91 Å².